The van der Waals surface area contributed by atoms with Crippen LogP contribution in [0.15, 0.2) is 12.3 Å². The Bertz CT molecular complexity index is 110. The summed E-state index contributed by atoms with van der Waals surface area (Å²) in [7, 11) is 0. The molecule has 2 nitrogen and oxygen atoms in total. The molecule has 2 heteroatoms. The summed E-state index contributed by atoms with van der Waals surface area (Å²) < 4.78 is 0. The normalized spacial score (nSPS) is 8.43. The van der Waals surface area contributed by atoms with Gasteiger partial charge in [-0.15, -0.1) is 0 Å². The lowest BCUT2D eigenvalue weighted by atomic mass is 10.5. The van der Waals surface area contributed by atoms with Gasteiger partial charge in [-0.05, 0) is 0 Å². The number of hydrogen-bond donors (Lipinski definition) is 0. The average Bonchev–Trinajstić information content (AvgIpc) is 1.69. The van der Waals surface area contributed by atoms with E-state index in [-0.39, 0.29) is 0 Å². The fraction of sp³-hybridized carbons (Fsp3) is 0.200. The van der Waals surface area contributed by atoms with Crippen LogP contribution in [0.25, 0.3) is 4.85 Å². The lowest BCUT2D eigenvalue weighted by molar-refractivity contribution is -0.107. The fourth-order valence-corrected chi connectivity index (χ4v) is 0.169. The summed E-state index contributed by atoms with van der Waals surface area (Å²) in [6, 6.07) is 0. The van der Waals surface area contributed by atoms with Crippen LogP contribution < -0.4 is 0 Å². The highest BCUT2D eigenvalue weighted by molar-refractivity contribution is 5.51. The van der Waals surface area contributed by atoms with Crippen molar-refractivity contribution in [2.45, 2.75) is 6.42 Å². The molecule has 0 fully saturated rings. The van der Waals surface area contributed by atoms with Gasteiger partial charge in [0.25, 0.3) is 0 Å². The Balaban J connectivity index is 3.14. The van der Waals surface area contributed by atoms with Crippen molar-refractivity contribution in [1.82, 2.24) is 0 Å². The maximum Gasteiger partial charge on any atom is 0.150 e. The summed E-state index contributed by atoms with van der Waals surface area (Å²) >= 11 is 0. The van der Waals surface area contributed by atoms with Crippen LogP contribution in [-0.4, -0.2) is 6.29 Å². The van der Waals surface area contributed by atoms with Gasteiger partial charge in [-0.25, -0.2) is 4.85 Å². The van der Waals surface area contributed by atoms with Gasteiger partial charge in [-0.2, -0.15) is 0 Å². The van der Waals surface area contributed by atoms with Crippen LogP contribution in [0.1, 0.15) is 6.42 Å². The van der Waals surface area contributed by atoms with E-state index < -0.39 is 0 Å². The molecular formula is C5H5NO. The predicted octanol–water partition coefficient (Wildman–Crippen LogP) is 1.01. The van der Waals surface area contributed by atoms with Gasteiger partial charge < -0.3 is 4.79 Å². The van der Waals surface area contributed by atoms with Crippen LogP contribution in [0, 0.1) is 6.57 Å². The molecule has 36 valence electrons. The number of carbonyl (C=O) groups is 1. The van der Waals surface area contributed by atoms with Gasteiger partial charge in [0.05, 0.1) is 6.57 Å². The second kappa shape index (κ2) is 4.90. The third kappa shape index (κ3) is 4.90. The second-order valence-corrected chi connectivity index (χ2v) is 0.916. The topological polar surface area (TPSA) is 21.4 Å². The van der Waals surface area contributed by atoms with E-state index in [9.17, 15) is 4.79 Å². The molecule has 0 aromatic heterocycles. The van der Waals surface area contributed by atoms with Gasteiger partial charge in [0, 0.05) is 6.42 Å². The molecule has 0 saturated heterocycles. The number of rotatable bonds is 2. The fourth-order valence-electron chi connectivity index (χ4n) is 0.169. The highest BCUT2D eigenvalue weighted by Gasteiger charge is 1.65. The monoisotopic (exact) mass is 95.0 g/mol. The smallest absolute Gasteiger partial charge is 0.150 e. The Labute approximate surface area is 42.3 Å². The zero-order valence-electron chi connectivity index (χ0n) is 3.79. The molecule has 0 amide bonds. The van der Waals surface area contributed by atoms with Crippen molar-refractivity contribution >= 4 is 6.29 Å². The average molecular weight is 95.1 g/mol. The first-order valence-corrected chi connectivity index (χ1v) is 1.87. The standard InChI is InChI=1S/C5H5NO/c1-6-4-2-3-5-7/h2,4-5H,3H2. The summed E-state index contributed by atoms with van der Waals surface area (Å²) in [5.41, 5.74) is 0. The van der Waals surface area contributed by atoms with Crippen molar-refractivity contribution < 1.29 is 4.79 Å². The summed E-state index contributed by atoms with van der Waals surface area (Å²) in [5.74, 6) is 0. The number of nitrogens with zero attached hydrogens (tertiary/aromatic N) is 1. The summed E-state index contributed by atoms with van der Waals surface area (Å²) in [5, 5.41) is 0. The first kappa shape index (κ1) is 5.90. The Morgan fingerprint density at radius 3 is 2.86 bits per heavy atom. The van der Waals surface area contributed by atoms with Crippen LogP contribution in [0.4, 0.5) is 0 Å². The molecule has 0 spiro atoms. The van der Waals surface area contributed by atoms with Gasteiger partial charge in [0.15, 0.2) is 6.20 Å². The highest BCUT2D eigenvalue weighted by atomic mass is 16.1. The van der Waals surface area contributed by atoms with E-state index in [2.05, 4.69) is 4.85 Å². The Morgan fingerprint density at radius 1 is 1.71 bits per heavy atom. The van der Waals surface area contributed by atoms with Crippen LogP contribution in [0.5, 0.6) is 0 Å². The van der Waals surface area contributed by atoms with E-state index in [1.54, 1.807) is 0 Å². The number of allylic oxidation sites excluding steroid dienone is 1. The highest BCUT2D eigenvalue weighted by Crippen LogP contribution is 1.75. The molecule has 0 heterocycles. The SMILES string of the molecule is [C-]#[N+]C=CCC=O. The molecule has 0 bridgehead atoms. The minimum atomic E-state index is 0.350. The van der Waals surface area contributed by atoms with Gasteiger partial charge in [-0.1, -0.05) is 6.08 Å². The number of hydrogen-bond acceptors (Lipinski definition) is 1. The second-order valence-electron chi connectivity index (χ2n) is 0.916. The molecule has 0 aliphatic heterocycles. The van der Waals surface area contributed by atoms with E-state index in [1.165, 1.54) is 12.3 Å². The van der Waals surface area contributed by atoms with Crippen molar-refractivity contribution in [3.05, 3.63) is 23.7 Å². The van der Waals surface area contributed by atoms with Crippen LogP contribution >= 0.6 is 0 Å². The molecule has 0 rings (SSSR count). The molecule has 0 aromatic carbocycles. The maximum atomic E-state index is 9.53. The third-order valence-corrected chi connectivity index (χ3v) is 0.412. The van der Waals surface area contributed by atoms with Crippen LogP contribution in [0.2, 0.25) is 0 Å². The predicted molar refractivity (Wildman–Crippen MR) is 26.4 cm³/mol. The van der Waals surface area contributed by atoms with Crippen LogP contribution in [0.3, 0.4) is 0 Å². The van der Waals surface area contributed by atoms with Crippen molar-refractivity contribution in [2.24, 2.45) is 0 Å². The van der Waals surface area contributed by atoms with E-state index in [1.807, 2.05) is 0 Å². The molecule has 0 aliphatic carbocycles. The van der Waals surface area contributed by atoms with Gasteiger partial charge in [0.2, 0.25) is 0 Å². The molecule has 0 radical (unpaired) electrons. The van der Waals surface area contributed by atoms with Crippen molar-refractivity contribution in [1.29, 1.82) is 0 Å². The number of carbonyl (C=O) groups excluding carboxylic acids is 1. The molecule has 7 heavy (non-hydrogen) atoms. The van der Waals surface area contributed by atoms with E-state index in [0.29, 0.717) is 6.42 Å². The zero-order valence-corrected chi connectivity index (χ0v) is 3.79. The van der Waals surface area contributed by atoms with Gasteiger partial charge in [-0.3, -0.25) is 0 Å². The molecule has 0 atom stereocenters. The zero-order chi connectivity index (χ0) is 5.54. The van der Waals surface area contributed by atoms with E-state index in [4.69, 9.17) is 6.57 Å². The first-order chi connectivity index (χ1) is 3.41. The lowest BCUT2D eigenvalue weighted by Gasteiger charge is -1.65. The Kier molecular flexibility index (Phi) is 4.13. The van der Waals surface area contributed by atoms with Crippen molar-refractivity contribution in [3.63, 3.8) is 0 Å². The molecule has 0 unspecified atom stereocenters. The third-order valence-electron chi connectivity index (χ3n) is 0.412. The summed E-state index contributed by atoms with van der Waals surface area (Å²) in [6.07, 6.45) is 3.89. The first-order valence-electron chi connectivity index (χ1n) is 1.87. The van der Waals surface area contributed by atoms with Crippen LogP contribution in [-0.2, 0) is 4.79 Å². The quantitative estimate of drug-likeness (QED) is 0.370. The molecule has 0 N–H and O–H groups in total. The van der Waals surface area contributed by atoms with Gasteiger partial charge >= 0.3 is 0 Å². The Hall–Kier alpha value is -1.10. The number of aldehydes is 1. The van der Waals surface area contributed by atoms with Gasteiger partial charge in [0.1, 0.15) is 6.29 Å². The minimum absolute atomic E-state index is 0.350. The molecule has 0 saturated carbocycles. The molecule has 0 aromatic rings. The Morgan fingerprint density at radius 2 is 2.43 bits per heavy atom. The summed E-state index contributed by atoms with van der Waals surface area (Å²) in [4.78, 5) is 12.4. The molecular weight excluding hydrogens is 90.1 g/mol. The van der Waals surface area contributed by atoms with E-state index >= 15 is 0 Å². The van der Waals surface area contributed by atoms with Crippen molar-refractivity contribution in [3.8, 4) is 0 Å². The van der Waals surface area contributed by atoms with E-state index in [0.717, 1.165) is 6.29 Å². The minimum Gasteiger partial charge on any atom is -0.303 e. The van der Waals surface area contributed by atoms with Crippen molar-refractivity contribution in [2.75, 3.05) is 0 Å². The largest absolute Gasteiger partial charge is 0.303 e. The maximum absolute atomic E-state index is 9.53. The lowest BCUT2D eigenvalue weighted by Crippen LogP contribution is -1.61. The summed E-state index contributed by atoms with van der Waals surface area (Å²) in [6.45, 7) is 6.20. The molecule has 0 aliphatic rings.